The average Bonchev–Trinajstić information content (AvgIpc) is 2.76. The van der Waals surface area contributed by atoms with Crippen LogP contribution in [0.2, 0.25) is 0 Å². The lowest BCUT2D eigenvalue weighted by Gasteiger charge is -2.16. The number of aryl methyl sites for hydroxylation is 1. The maximum atomic E-state index is 13.7. The number of hydrogen-bond acceptors (Lipinski definition) is 1. The second-order valence-electron chi connectivity index (χ2n) is 4.46. The van der Waals surface area contributed by atoms with Gasteiger partial charge in [0.15, 0.2) is 0 Å². The van der Waals surface area contributed by atoms with Crippen molar-refractivity contribution in [2.24, 2.45) is 0 Å². The lowest BCUT2D eigenvalue weighted by atomic mass is 10.0. The highest BCUT2D eigenvalue weighted by molar-refractivity contribution is 6.20. The summed E-state index contributed by atoms with van der Waals surface area (Å²) in [5.74, 6) is -0.860. The van der Waals surface area contributed by atoms with Crippen LogP contribution in [0.15, 0.2) is 12.1 Å². The number of ether oxygens (including phenoxy) is 1. The van der Waals surface area contributed by atoms with Gasteiger partial charge in [-0.3, -0.25) is 0 Å². The van der Waals surface area contributed by atoms with Crippen molar-refractivity contribution in [3.05, 3.63) is 34.9 Å². The molecule has 1 nitrogen and oxygen atoms in total. The molecule has 0 saturated carbocycles. The van der Waals surface area contributed by atoms with Gasteiger partial charge in [-0.05, 0) is 43.9 Å². The fourth-order valence-electron chi connectivity index (χ4n) is 2.09. The van der Waals surface area contributed by atoms with Crippen molar-refractivity contribution in [3.63, 3.8) is 0 Å². The van der Waals surface area contributed by atoms with Gasteiger partial charge < -0.3 is 4.74 Å². The van der Waals surface area contributed by atoms with Crippen LogP contribution in [0.25, 0.3) is 0 Å². The zero-order chi connectivity index (χ0) is 12.4. The van der Waals surface area contributed by atoms with Gasteiger partial charge >= 0.3 is 0 Å². The first-order chi connectivity index (χ1) is 8.08. The van der Waals surface area contributed by atoms with E-state index in [0.29, 0.717) is 12.0 Å². The Hall–Kier alpha value is -0.670. The molecule has 1 heterocycles. The van der Waals surface area contributed by atoms with Crippen LogP contribution in [0, 0.1) is 18.6 Å². The van der Waals surface area contributed by atoms with Crippen LogP contribution in [0.3, 0.4) is 0 Å². The molecule has 0 bridgehead atoms. The summed E-state index contributed by atoms with van der Waals surface area (Å²) in [6.07, 6.45) is 2.56. The van der Waals surface area contributed by atoms with Gasteiger partial charge in [-0.2, -0.15) is 0 Å². The Balaban J connectivity index is 2.12. The summed E-state index contributed by atoms with van der Waals surface area (Å²) in [5.41, 5.74) is 0.525. The molecule has 1 aromatic rings. The molecular weight excluding hydrogens is 246 g/mol. The smallest absolute Gasteiger partial charge is 0.128 e. The van der Waals surface area contributed by atoms with Crippen molar-refractivity contribution in [1.82, 2.24) is 0 Å². The van der Waals surface area contributed by atoms with E-state index in [-0.39, 0.29) is 11.7 Å². The van der Waals surface area contributed by atoms with Gasteiger partial charge in [-0.1, -0.05) is 0 Å². The molecule has 1 aliphatic heterocycles. The first-order valence-electron chi connectivity index (χ1n) is 5.79. The van der Waals surface area contributed by atoms with E-state index in [1.54, 1.807) is 0 Å². The molecule has 0 amide bonds. The minimum absolute atomic E-state index is 0.0706. The highest BCUT2D eigenvalue weighted by atomic mass is 35.5. The Morgan fingerprint density at radius 1 is 1.41 bits per heavy atom. The van der Waals surface area contributed by atoms with E-state index in [1.165, 1.54) is 19.1 Å². The zero-order valence-electron chi connectivity index (χ0n) is 9.68. The van der Waals surface area contributed by atoms with E-state index in [4.69, 9.17) is 16.3 Å². The number of benzene rings is 1. The summed E-state index contributed by atoms with van der Waals surface area (Å²) in [7, 11) is 0. The molecule has 4 heteroatoms. The quantitative estimate of drug-likeness (QED) is 0.743. The van der Waals surface area contributed by atoms with Crippen molar-refractivity contribution in [2.75, 3.05) is 6.61 Å². The standard InChI is InChI=1S/C13H15ClF2O/c1-8-5-13(16)10(7-12(8)15)11(14)6-9-3-2-4-17-9/h5,7,9,11H,2-4,6H2,1H3. The Kier molecular flexibility index (Phi) is 4.00. The molecule has 2 unspecified atom stereocenters. The van der Waals surface area contributed by atoms with Crippen molar-refractivity contribution < 1.29 is 13.5 Å². The molecule has 0 spiro atoms. The average molecular weight is 261 g/mol. The lowest BCUT2D eigenvalue weighted by molar-refractivity contribution is 0.103. The first-order valence-corrected chi connectivity index (χ1v) is 6.23. The molecule has 1 saturated heterocycles. The van der Waals surface area contributed by atoms with Crippen molar-refractivity contribution in [3.8, 4) is 0 Å². The molecule has 94 valence electrons. The molecule has 2 atom stereocenters. The molecule has 0 N–H and O–H groups in total. The van der Waals surface area contributed by atoms with E-state index in [9.17, 15) is 8.78 Å². The normalized spacial score (nSPS) is 21.8. The number of alkyl halides is 1. The zero-order valence-corrected chi connectivity index (χ0v) is 10.4. The van der Waals surface area contributed by atoms with E-state index in [1.807, 2.05) is 0 Å². The third kappa shape index (κ3) is 2.96. The molecule has 0 aliphatic carbocycles. The van der Waals surface area contributed by atoms with Gasteiger partial charge in [0.05, 0.1) is 11.5 Å². The van der Waals surface area contributed by atoms with Gasteiger partial charge in [0.25, 0.3) is 0 Å². The third-order valence-electron chi connectivity index (χ3n) is 3.11. The molecule has 0 aromatic heterocycles. The summed E-state index contributed by atoms with van der Waals surface area (Å²) >= 11 is 6.13. The minimum Gasteiger partial charge on any atom is -0.378 e. The van der Waals surface area contributed by atoms with Gasteiger partial charge in [-0.15, -0.1) is 11.6 Å². The largest absolute Gasteiger partial charge is 0.378 e. The highest BCUT2D eigenvalue weighted by Crippen LogP contribution is 2.32. The predicted molar refractivity (Wildman–Crippen MR) is 63.3 cm³/mol. The molecule has 17 heavy (non-hydrogen) atoms. The summed E-state index contributed by atoms with van der Waals surface area (Å²) in [4.78, 5) is 0. The first kappa shape index (κ1) is 12.8. The lowest BCUT2D eigenvalue weighted by Crippen LogP contribution is -2.09. The van der Waals surface area contributed by atoms with Crippen LogP contribution >= 0.6 is 11.6 Å². The summed E-state index contributed by atoms with van der Waals surface area (Å²) in [5, 5.41) is -0.534. The molecule has 1 aromatic carbocycles. The SMILES string of the molecule is Cc1cc(F)c(C(Cl)CC2CCCO2)cc1F. The number of halogens is 3. The van der Waals surface area contributed by atoms with Crippen LogP contribution in [0.1, 0.15) is 35.8 Å². The molecule has 1 aliphatic rings. The van der Waals surface area contributed by atoms with Crippen LogP contribution < -0.4 is 0 Å². The highest BCUT2D eigenvalue weighted by Gasteiger charge is 2.23. The van der Waals surface area contributed by atoms with E-state index < -0.39 is 17.0 Å². The van der Waals surface area contributed by atoms with Gasteiger partial charge in [0, 0.05) is 12.2 Å². The Morgan fingerprint density at radius 3 is 2.82 bits per heavy atom. The van der Waals surface area contributed by atoms with Gasteiger partial charge in [0.1, 0.15) is 11.6 Å². The topological polar surface area (TPSA) is 9.23 Å². The minimum atomic E-state index is -0.534. The number of rotatable bonds is 3. The molecule has 0 radical (unpaired) electrons. The number of hydrogen-bond donors (Lipinski definition) is 0. The maximum absolute atomic E-state index is 13.7. The third-order valence-corrected chi connectivity index (χ3v) is 3.52. The van der Waals surface area contributed by atoms with Crippen molar-refractivity contribution in [1.29, 1.82) is 0 Å². The Morgan fingerprint density at radius 2 is 2.18 bits per heavy atom. The summed E-state index contributed by atoms with van der Waals surface area (Å²) in [6.45, 7) is 2.27. The fourth-order valence-corrected chi connectivity index (χ4v) is 2.46. The van der Waals surface area contributed by atoms with Crippen LogP contribution in [-0.4, -0.2) is 12.7 Å². The van der Waals surface area contributed by atoms with Crippen molar-refractivity contribution >= 4 is 11.6 Å². The van der Waals surface area contributed by atoms with Gasteiger partial charge in [-0.25, -0.2) is 8.78 Å². The maximum Gasteiger partial charge on any atom is 0.128 e. The molecule has 2 rings (SSSR count). The van der Waals surface area contributed by atoms with E-state index in [2.05, 4.69) is 0 Å². The van der Waals surface area contributed by atoms with Crippen LogP contribution in [0.4, 0.5) is 8.78 Å². The summed E-state index contributed by atoms with van der Waals surface area (Å²) in [6, 6.07) is 2.38. The fraction of sp³-hybridized carbons (Fsp3) is 0.538. The summed E-state index contributed by atoms with van der Waals surface area (Å²) < 4.78 is 32.5. The Bertz CT molecular complexity index is 403. The molecule has 1 fully saturated rings. The van der Waals surface area contributed by atoms with E-state index >= 15 is 0 Å². The van der Waals surface area contributed by atoms with Crippen LogP contribution in [0.5, 0.6) is 0 Å². The van der Waals surface area contributed by atoms with Crippen LogP contribution in [-0.2, 0) is 4.74 Å². The predicted octanol–water partition coefficient (Wildman–Crippen LogP) is 4.12. The second-order valence-corrected chi connectivity index (χ2v) is 4.99. The molecular formula is C13H15ClF2O. The Labute approximate surface area is 105 Å². The van der Waals surface area contributed by atoms with E-state index in [0.717, 1.165) is 19.4 Å². The van der Waals surface area contributed by atoms with Crippen molar-refractivity contribution in [2.45, 2.75) is 37.7 Å². The monoisotopic (exact) mass is 260 g/mol. The van der Waals surface area contributed by atoms with Gasteiger partial charge in [0.2, 0.25) is 0 Å². The second kappa shape index (κ2) is 5.32.